The predicted molar refractivity (Wildman–Crippen MR) is 66.4 cm³/mol. The zero-order valence-electron chi connectivity index (χ0n) is 10.9. The molecule has 1 fully saturated rings. The first-order chi connectivity index (χ1) is 8.80. The van der Waals surface area contributed by atoms with Crippen molar-refractivity contribution in [3.8, 4) is 0 Å². The molecule has 2 N–H and O–H groups in total. The van der Waals surface area contributed by atoms with E-state index >= 15 is 0 Å². The fraction of sp³-hybridized carbons (Fsp3) is 0.500. The van der Waals surface area contributed by atoms with Crippen molar-refractivity contribution < 1.29 is 18.7 Å². The molecule has 1 saturated carbocycles. The van der Waals surface area contributed by atoms with Crippen LogP contribution in [-0.2, 0) is 11.2 Å². The minimum atomic E-state index is -0.954. The topological polar surface area (TPSA) is 49.3 Å². The van der Waals surface area contributed by atoms with Crippen molar-refractivity contribution in [2.45, 2.75) is 38.8 Å². The molecular formula is C14H17F2NO2. The van der Waals surface area contributed by atoms with Crippen LogP contribution < -0.4 is 5.32 Å². The lowest BCUT2D eigenvalue weighted by atomic mass is 9.64. The minimum Gasteiger partial charge on any atom is -0.392 e. The summed E-state index contributed by atoms with van der Waals surface area (Å²) in [5.74, 6) is -2.13. The van der Waals surface area contributed by atoms with Gasteiger partial charge in [0, 0.05) is 11.5 Å². The quantitative estimate of drug-likeness (QED) is 0.879. The van der Waals surface area contributed by atoms with Crippen LogP contribution in [0, 0.1) is 17.0 Å². The summed E-state index contributed by atoms with van der Waals surface area (Å²) in [5.41, 5.74) is 0.0815. The summed E-state index contributed by atoms with van der Waals surface area (Å²) in [6.45, 7) is 3.76. The van der Waals surface area contributed by atoms with Crippen molar-refractivity contribution in [1.82, 2.24) is 5.32 Å². The fourth-order valence-corrected chi connectivity index (χ4v) is 2.23. The van der Waals surface area contributed by atoms with Crippen LogP contribution in [-0.4, -0.2) is 23.2 Å². The molecule has 0 bridgehead atoms. The molecule has 0 radical (unpaired) electrons. The molecule has 0 spiro atoms. The lowest BCUT2D eigenvalue weighted by Crippen LogP contribution is -2.61. The maximum Gasteiger partial charge on any atom is 0.224 e. The lowest BCUT2D eigenvalue weighted by molar-refractivity contribution is -0.128. The van der Waals surface area contributed by atoms with Crippen LogP contribution in [0.1, 0.15) is 25.8 Å². The van der Waals surface area contributed by atoms with Crippen molar-refractivity contribution in [2.24, 2.45) is 5.41 Å². The molecule has 19 heavy (non-hydrogen) atoms. The molecule has 2 unspecified atom stereocenters. The van der Waals surface area contributed by atoms with Crippen molar-refractivity contribution in [2.75, 3.05) is 0 Å². The van der Waals surface area contributed by atoms with Crippen molar-refractivity contribution in [1.29, 1.82) is 0 Å². The lowest BCUT2D eigenvalue weighted by Gasteiger charge is -2.49. The van der Waals surface area contributed by atoms with E-state index in [1.165, 1.54) is 6.07 Å². The molecule has 1 aliphatic rings. The summed E-state index contributed by atoms with van der Waals surface area (Å²) in [4.78, 5) is 11.8. The highest BCUT2D eigenvalue weighted by atomic mass is 19.2. The number of hydrogen-bond acceptors (Lipinski definition) is 2. The Morgan fingerprint density at radius 2 is 2.11 bits per heavy atom. The van der Waals surface area contributed by atoms with E-state index in [4.69, 9.17) is 0 Å². The normalized spacial score (nSPS) is 24.7. The van der Waals surface area contributed by atoms with E-state index < -0.39 is 17.7 Å². The van der Waals surface area contributed by atoms with Gasteiger partial charge in [0.1, 0.15) is 0 Å². The van der Waals surface area contributed by atoms with Gasteiger partial charge in [-0.3, -0.25) is 4.79 Å². The molecule has 1 aromatic carbocycles. The smallest absolute Gasteiger partial charge is 0.224 e. The number of aliphatic hydroxyl groups is 1. The first kappa shape index (κ1) is 13.9. The van der Waals surface area contributed by atoms with Crippen molar-refractivity contribution >= 4 is 5.91 Å². The highest BCUT2D eigenvalue weighted by molar-refractivity contribution is 5.79. The Morgan fingerprint density at radius 3 is 2.63 bits per heavy atom. The van der Waals surface area contributed by atoms with E-state index in [0.717, 1.165) is 12.1 Å². The predicted octanol–water partition coefficient (Wildman–Crippen LogP) is 1.78. The van der Waals surface area contributed by atoms with Gasteiger partial charge in [0.25, 0.3) is 0 Å². The molecule has 2 atom stereocenters. The van der Waals surface area contributed by atoms with Crippen LogP contribution in [0.3, 0.4) is 0 Å². The zero-order valence-corrected chi connectivity index (χ0v) is 10.9. The van der Waals surface area contributed by atoms with Crippen molar-refractivity contribution in [3.05, 3.63) is 35.4 Å². The fourth-order valence-electron chi connectivity index (χ4n) is 2.23. The molecule has 0 heterocycles. The number of rotatable bonds is 3. The summed E-state index contributed by atoms with van der Waals surface area (Å²) in [7, 11) is 0. The second kappa shape index (κ2) is 4.89. The Hall–Kier alpha value is -1.49. The number of halogens is 2. The summed E-state index contributed by atoms with van der Waals surface area (Å²) < 4.78 is 25.8. The standard InChI is InChI=1S/C14H17F2NO2/c1-14(2)11(7-12(14)18)17-13(19)6-8-3-4-9(15)10(16)5-8/h3-5,11-12,18H,6-7H2,1-2H3,(H,17,19). The van der Waals surface area contributed by atoms with Gasteiger partial charge in [-0.15, -0.1) is 0 Å². The third kappa shape index (κ3) is 2.76. The van der Waals surface area contributed by atoms with Gasteiger partial charge in [-0.05, 0) is 24.1 Å². The number of hydrogen-bond donors (Lipinski definition) is 2. The van der Waals surface area contributed by atoms with E-state index in [-0.39, 0.29) is 23.8 Å². The summed E-state index contributed by atoms with van der Waals surface area (Å²) in [6.07, 6.45) is 0.109. The van der Waals surface area contributed by atoms with Crippen LogP contribution in [0.15, 0.2) is 18.2 Å². The maximum absolute atomic E-state index is 13.0. The van der Waals surface area contributed by atoms with Crippen molar-refractivity contribution in [3.63, 3.8) is 0 Å². The number of benzene rings is 1. The summed E-state index contributed by atoms with van der Waals surface area (Å²) in [6, 6.07) is 3.34. The van der Waals surface area contributed by atoms with Crippen LogP contribution in [0.25, 0.3) is 0 Å². The van der Waals surface area contributed by atoms with Gasteiger partial charge in [-0.2, -0.15) is 0 Å². The Balaban J connectivity index is 1.93. The monoisotopic (exact) mass is 269 g/mol. The SMILES string of the molecule is CC1(C)C(O)CC1NC(=O)Cc1ccc(F)c(F)c1. The summed E-state index contributed by atoms with van der Waals surface area (Å²) in [5, 5.41) is 12.4. The first-order valence-corrected chi connectivity index (χ1v) is 6.22. The second-order valence-electron chi connectivity index (χ2n) is 5.62. The molecule has 5 heteroatoms. The summed E-state index contributed by atoms with van der Waals surface area (Å²) >= 11 is 0. The Labute approximate surface area is 110 Å². The van der Waals surface area contributed by atoms with Crippen LogP contribution in [0.2, 0.25) is 0 Å². The number of aliphatic hydroxyl groups excluding tert-OH is 1. The Kier molecular flexibility index (Phi) is 3.58. The largest absolute Gasteiger partial charge is 0.392 e. The number of amides is 1. The molecule has 0 aromatic heterocycles. The molecule has 104 valence electrons. The molecule has 0 aliphatic heterocycles. The van der Waals surface area contributed by atoms with Gasteiger partial charge in [0.15, 0.2) is 11.6 Å². The van der Waals surface area contributed by atoms with Crippen LogP contribution >= 0.6 is 0 Å². The first-order valence-electron chi connectivity index (χ1n) is 6.22. The number of carbonyl (C=O) groups is 1. The van der Waals surface area contributed by atoms with E-state index in [1.807, 2.05) is 13.8 Å². The average Bonchev–Trinajstić information content (AvgIpc) is 2.33. The third-order valence-corrected chi connectivity index (χ3v) is 3.90. The second-order valence-corrected chi connectivity index (χ2v) is 5.62. The van der Waals surface area contributed by atoms with E-state index in [0.29, 0.717) is 12.0 Å². The van der Waals surface area contributed by atoms with Crippen LogP contribution in [0.4, 0.5) is 8.78 Å². The highest BCUT2D eigenvalue weighted by Crippen LogP contribution is 2.40. The van der Waals surface area contributed by atoms with Gasteiger partial charge < -0.3 is 10.4 Å². The maximum atomic E-state index is 13.0. The van der Waals surface area contributed by atoms with E-state index in [1.54, 1.807) is 0 Å². The molecule has 1 aromatic rings. The number of carbonyl (C=O) groups excluding carboxylic acids is 1. The van der Waals surface area contributed by atoms with Gasteiger partial charge in [0.05, 0.1) is 12.5 Å². The molecule has 0 saturated heterocycles. The highest BCUT2D eigenvalue weighted by Gasteiger charge is 2.47. The Bertz CT molecular complexity index is 502. The minimum absolute atomic E-state index is 0.000124. The van der Waals surface area contributed by atoms with Crippen LogP contribution in [0.5, 0.6) is 0 Å². The molecular weight excluding hydrogens is 252 g/mol. The molecule has 3 nitrogen and oxygen atoms in total. The molecule has 1 amide bonds. The molecule has 1 aliphatic carbocycles. The van der Waals surface area contributed by atoms with E-state index in [9.17, 15) is 18.7 Å². The zero-order chi connectivity index (χ0) is 14.2. The van der Waals surface area contributed by atoms with Gasteiger partial charge in [-0.1, -0.05) is 19.9 Å². The van der Waals surface area contributed by atoms with Gasteiger partial charge in [0.2, 0.25) is 5.91 Å². The molecule has 2 rings (SSSR count). The average molecular weight is 269 g/mol. The third-order valence-electron chi connectivity index (χ3n) is 3.90. The Morgan fingerprint density at radius 1 is 1.42 bits per heavy atom. The van der Waals surface area contributed by atoms with E-state index in [2.05, 4.69) is 5.32 Å². The van der Waals surface area contributed by atoms with Gasteiger partial charge >= 0.3 is 0 Å². The number of nitrogens with one attached hydrogen (secondary N) is 1. The van der Waals surface area contributed by atoms with Gasteiger partial charge in [-0.25, -0.2) is 8.78 Å².